The van der Waals surface area contributed by atoms with Crippen LogP contribution < -0.4 is 64.6 Å². The van der Waals surface area contributed by atoms with Crippen LogP contribution in [0.3, 0.4) is 0 Å². The molecule has 3 rings (SSSR count). The van der Waals surface area contributed by atoms with Crippen molar-refractivity contribution >= 4 is 112 Å². The molecule has 9 atom stereocenters. The summed E-state index contributed by atoms with van der Waals surface area (Å²) in [4.78, 5) is 202. The Bertz CT molecular complexity index is 2920. The molecule has 2 aromatic carbocycles. The van der Waals surface area contributed by atoms with Crippen LogP contribution in [-0.2, 0) is 84.8 Å². The summed E-state index contributed by atoms with van der Waals surface area (Å²) in [6.45, 7) is 5.38. The minimum Gasteiger partial charge on any atom is -0.508 e. The number of aromatic hydroxyl groups is 2. The van der Waals surface area contributed by atoms with Crippen LogP contribution in [0.4, 0.5) is 0 Å². The number of nitrogens with two attached hydrogens (primary N) is 2. The Hall–Kier alpha value is -9.21. The quantitative estimate of drug-likeness (QED) is 0.0561. The molecule has 0 spiro atoms. The fourth-order valence-corrected chi connectivity index (χ4v) is 10.1. The largest absolute Gasteiger partial charge is 0.508 e. The van der Waals surface area contributed by atoms with Crippen LogP contribution in [0.1, 0.15) is 77.3 Å². The topological polar surface area (TPSA) is 530 Å². The van der Waals surface area contributed by atoms with Crippen molar-refractivity contribution in [2.75, 3.05) is 30.1 Å². The van der Waals surface area contributed by atoms with Gasteiger partial charge in [0.2, 0.25) is 70.9 Å². The summed E-state index contributed by atoms with van der Waals surface area (Å²) in [5.74, 6) is -23.5. The fraction of sp³-hybridized carbons (Fsp3) is 0.518. The number of amides is 12. The van der Waals surface area contributed by atoms with Crippen molar-refractivity contribution in [3.8, 4) is 11.5 Å². The molecule has 1 aliphatic rings. The van der Waals surface area contributed by atoms with Gasteiger partial charge >= 0.3 is 17.9 Å². The minimum atomic E-state index is -2.34. The molecule has 32 nitrogen and oxygen atoms in total. The zero-order chi connectivity index (χ0) is 67.5. The van der Waals surface area contributed by atoms with Crippen molar-refractivity contribution in [2.45, 2.75) is 133 Å². The van der Waals surface area contributed by atoms with Gasteiger partial charge in [-0.25, -0.2) is 0 Å². The number of carbonyl (C=O) groups excluding carboxylic acids is 12. The molecule has 0 radical (unpaired) electrons. The summed E-state index contributed by atoms with van der Waals surface area (Å²) in [7, 11) is 0. The van der Waals surface area contributed by atoms with E-state index in [-0.39, 0.29) is 42.1 Å². The first-order valence-corrected chi connectivity index (χ1v) is 30.7. The van der Waals surface area contributed by atoms with Gasteiger partial charge in [0.15, 0.2) is 5.92 Å². The van der Waals surface area contributed by atoms with Crippen LogP contribution in [0.25, 0.3) is 0 Å². The first-order valence-electron chi connectivity index (χ1n) is 28.1. The lowest BCUT2D eigenvalue weighted by molar-refractivity contribution is -0.156. The van der Waals surface area contributed by atoms with Gasteiger partial charge in [0.25, 0.3) is 0 Å². The molecule has 494 valence electrons. The van der Waals surface area contributed by atoms with Crippen LogP contribution in [0.15, 0.2) is 48.5 Å². The number of carboxylic acid groups (broad SMARTS) is 3. The number of thioether (sulfide) groups is 2. The summed E-state index contributed by atoms with van der Waals surface area (Å²) in [5, 5.41) is 73.2. The second kappa shape index (κ2) is 36.9. The Morgan fingerprint density at radius 2 is 0.978 bits per heavy atom. The predicted molar refractivity (Wildman–Crippen MR) is 322 cm³/mol. The molecule has 19 N–H and O–H groups in total. The van der Waals surface area contributed by atoms with Crippen LogP contribution in [-0.4, -0.2) is 199 Å². The van der Waals surface area contributed by atoms with E-state index in [2.05, 4.69) is 53.2 Å². The maximum Gasteiger partial charge on any atom is 0.317 e. The number of primary amides is 2. The van der Waals surface area contributed by atoms with Crippen molar-refractivity contribution in [1.82, 2.24) is 53.2 Å². The molecule has 1 aliphatic heterocycles. The zero-order valence-corrected chi connectivity index (χ0v) is 51.5. The molecule has 0 aliphatic carbocycles. The lowest BCUT2D eigenvalue weighted by atomic mass is 9.97. The van der Waals surface area contributed by atoms with Gasteiger partial charge in [-0.3, -0.25) is 71.9 Å². The highest BCUT2D eigenvalue weighted by Gasteiger charge is 2.38. The van der Waals surface area contributed by atoms with Gasteiger partial charge in [0, 0.05) is 31.4 Å². The van der Waals surface area contributed by atoms with Crippen molar-refractivity contribution in [3.05, 3.63) is 59.7 Å². The molecule has 1 saturated heterocycles. The predicted octanol–water partition coefficient (Wildman–Crippen LogP) is -4.03. The van der Waals surface area contributed by atoms with Crippen LogP contribution in [0, 0.1) is 17.8 Å². The Balaban J connectivity index is 2.23. The first-order chi connectivity index (χ1) is 42.3. The first kappa shape index (κ1) is 75.0. The van der Waals surface area contributed by atoms with Gasteiger partial charge in [-0.15, -0.1) is 11.8 Å². The molecule has 1 heterocycles. The number of aliphatic carboxylic acids is 3. The van der Waals surface area contributed by atoms with E-state index < -0.39 is 211 Å². The number of rotatable bonds is 20. The van der Waals surface area contributed by atoms with Crippen LogP contribution >= 0.6 is 23.5 Å². The molecule has 0 unspecified atom stereocenters. The Morgan fingerprint density at radius 1 is 0.544 bits per heavy atom. The number of phenols is 2. The summed E-state index contributed by atoms with van der Waals surface area (Å²) >= 11 is 1.93. The molecule has 90 heavy (non-hydrogen) atoms. The monoisotopic (exact) mass is 1300 g/mol. The maximum atomic E-state index is 14.5. The third-order valence-electron chi connectivity index (χ3n) is 13.5. The molecule has 34 heteroatoms. The van der Waals surface area contributed by atoms with Crippen LogP contribution in [0.2, 0.25) is 0 Å². The number of hydrogen-bond donors (Lipinski definition) is 17. The normalized spacial score (nSPS) is 23.0. The maximum absolute atomic E-state index is 14.5. The van der Waals surface area contributed by atoms with E-state index >= 15 is 0 Å². The molecule has 2 aromatic rings. The number of phenolic OH excluding ortho intramolecular Hbond substituents is 2. The van der Waals surface area contributed by atoms with E-state index in [4.69, 9.17) is 11.5 Å². The standard InChI is InChI=1S/C56H78N12O20S2/c1-26(2)18-35-49(79)65-36(19-28-6-10-30(69)11-7-28)50(80)62-33(14-15-44(74)75)47(77)66-39(22-41(57)71)53(83)68-45(27(3)4)54(84)59-23-42(72)60-34(16-17-89-5)48(78)64-37(20-29-8-12-31(70)13-9-29)51(81)67-40(46(58)76)24-90-25-43(73)61-38(52(82)63-35)21-32(55(85)86)56(87)88/h6-13,26-27,32-40,45,69-70H,14-25H2,1-5H3,(H2,57,71)(H2,58,76)(H,59,84)(H,60,72)(H,61,73)(H,62,80)(H,63,82)(H,64,78)(H,65,79)(H,66,77)(H,67,81)(H,68,83)(H,74,75)(H,85,86)(H,87,88)/t33-,34-,35-,36-,37-,38-,39-,40-,45-/m0/s1. The van der Waals surface area contributed by atoms with Crippen molar-refractivity contribution in [1.29, 1.82) is 0 Å². The molecule has 12 amide bonds. The van der Waals surface area contributed by atoms with Crippen molar-refractivity contribution in [2.24, 2.45) is 29.2 Å². The van der Waals surface area contributed by atoms with E-state index in [1.54, 1.807) is 20.1 Å². The summed E-state index contributed by atoms with van der Waals surface area (Å²) in [6.07, 6.45) is -2.87. The zero-order valence-electron chi connectivity index (χ0n) is 49.9. The highest BCUT2D eigenvalue weighted by molar-refractivity contribution is 8.00. The van der Waals surface area contributed by atoms with Crippen molar-refractivity contribution in [3.63, 3.8) is 0 Å². The third kappa shape index (κ3) is 26.2. The molecule has 1 fully saturated rings. The average molecular weight is 1300 g/mol. The van der Waals surface area contributed by atoms with Gasteiger partial charge < -0.3 is 90.2 Å². The molecular formula is C56H78N12O20S2. The number of carbonyl (C=O) groups is 15. The number of carboxylic acids is 3. The third-order valence-corrected chi connectivity index (χ3v) is 15.2. The Morgan fingerprint density at radius 3 is 1.44 bits per heavy atom. The smallest absolute Gasteiger partial charge is 0.317 e. The van der Waals surface area contributed by atoms with Gasteiger partial charge in [-0.2, -0.15) is 11.8 Å². The average Bonchev–Trinajstić information content (AvgIpc) is 3.25. The van der Waals surface area contributed by atoms with Gasteiger partial charge in [-0.1, -0.05) is 52.0 Å². The lowest BCUT2D eigenvalue weighted by Gasteiger charge is -2.28. The summed E-state index contributed by atoms with van der Waals surface area (Å²) < 4.78 is 0. The summed E-state index contributed by atoms with van der Waals surface area (Å²) in [6, 6.07) is -4.71. The van der Waals surface area contributed by atoms with E-state index in [1.165, 1.54) is 74.1 Å². The van der Waals surface area contributed by atoms with Gasteiger partial charge in [0.05, 0.1) is 18.7 Å². The van der Waals surface area contributed by atoms with Gasteiger partial charge in [-0.05, 0) is 78.5 Å². The van der Waals surface area contributed by atoms with E-state index in [9.17, 15) is 97.5 Å². The molecular weight excluding hydrogens is 1220 g/mol. The second-order valence-electron chi connectivity index (χ2n) is 21.7. The molecule has 0 aromatic heterocycles. The molecule has 0 saturated carbocycles. The molecule has 0 bridgehead atoms. The van der Waals surface area contributed by atoms with E-state index in [1.807, 2.05) is 0 Å². The van der Waals surface area contributed by atoms with Crippen LogP contribution in [0.5, 0.6) is 11.5 Å². The fourth-order valence-electron chi connectivity index (χ4n) is 8.73. The van der Waals surface area contributed by atoms with E-state index in [0.29, 0.717) is 17.3 Å². The number of benzene rings is 2. The van der Waals surface area contributed by atoms with E-state index in [0.717, 1.165) is 0 Å². The van der Waals surface area contributed by atoms with Gasteiger partial charge in [0.1, 0.15) is 65.9 Å². The summed E-state index contributed by atoms with van der Waals surface area (Å²) in [5.41, 5.74) is 11.8. The minimum absolute atomic E-state index is 0.0505. The Labute approximate surface area is 524 Å². The lowest BCUT2D eigenvalue weighted by Crippen LogP contribution is -2.61. The highest BCUT2D eigenvalue weighted by Crippen LogP contribution is 2.17. The van der Waals surface area contributed by atoms with Crippen molar-refractivity contribution < 1.29 is 97.5 Å². The highest BCUT2D eigenvalue weighted by atomic mass is 32.2. The second-order valence-corrected chi connectivity index (χ2v) is 23.7. The Kier molecular flexibility index (Phi) is 30.8. The number of hydrogen-bond acceptors (Lipinski definition) is 19. The number of nitrogens with one attached hydrogen (secondary N) is 10. The SMILES string of the molecule is CSCC[C@@H]1NC(=O)CNC(=O)[C@H](C(C)C)NC(=O)[C@H](CC(N)=O)NC(=O)[C@H](CCC(=O)O)NC(=O)[C@H](Cc2ccc(O)cc2)NC(=O)[C@H](CC(C)C)NC(=O)[C@H](CC(C(=O)O)C(=O)O)NC(=O)CSC[C@@H](C(N)=O)NC(=O)[C@H](Cc2ccc(O)cc2)NC1=O.